The second-order valence-electron chi connectivity index (χ2n) is 6.79. The lowest BCUT2D eigenvalue weighted by molar-refractivity contribution is 0.248. The number of fused-ring (bicyclic) bond motifs is 1. The molecule has 1 aliphatic carbocycles. The summed E-state index contributed by atoms with van der Waals surface area (Å²) in [4.78, 5) is 12.2. The normalized spacial score (nSPS) is 20.2. The number of aromatic nitrogens is 1. The Morgan fingerprint density at radius 1 is 1.18 bits per heavy atom. The summed E-state index contributed by atoms with van der Waals surface area (Å²) in [6.45, 7) is 5.63. The molecule has 0 radical (unpaired) electrons. The lowest BCUT2D eigenvalue weighted by atomic mass is 10.2. The highest BCUT2D eigenvalue weighted by molar-refractivity contribution is 7.22. The Bertz CT molecular complexity index is 654. The molecule has 1 aromatic heterocycles. The van der Waals surface area contributed by atoms with Crippen molar-refractivity contribution in [1.29, 1.82) is 0 Å². The van der Waals surface area contributed by atoms with Gasteiger partial charge in [0.25, 0.3) is 0 Å². The number of benzene rings is 1. The van der Waals surface area contributed by atoms with E-state index >= 15 is 0 Å². The van der Waals surface area contributed by atoms with Crippen molar-refractivity contribution in [2.45, 2.75) is 25.4 Å². The lowest BCUT2D eigenvalue weighted by Crippen LogP contribution is -2.47. The van der Waals surface area contributed by atoms with Gasteiger partial charge in [-0.05, 0) is 44.6 Å². The average Bonchev–Trinajstić information content (AvgIpc) is 3.26. The van der Waals surface area contributed by atoms with Crippen LogP contribution in [0.25, 0.3) is 10.2 Å². The minimum Gasteiger partial charge on any atom is -0.345 e. The summed E-state index contributed by atoms with van der Waals surface area (Å²) in [5.41, 5.74) is 2.50. The third-order valence-electron chi connectivity index (χ3n) is 4.59. The summed E-state index contributed by atoms with van der Waals surface area (Å²) >= 11 is 1.84. The molecule has 22 heavy (non-hydrogen) atoms. The second kappa shape index (κ2) is 5.80. The molecule has 5 heteroatoms. The van der Waals surface area contributed by atoms with E-state index in [0.29, 0.717) is 0 Å². The van der Waals surface area contributed by atoms with Crippen molar-refractivity contribution in [2.24, 2.45) is 0 Å². The topological polar surface area (TPSA) is 22.6 Å². The summed E-state index contributed by atoms with van der Waals surface area (Å²) in [6.07, 6.45) is 2.82. The number of anilines is 1. The van der Waals surface area contributed by atoms with Gasteiger partial charge >= 0.3 is 0 Å². The van der Waals surface area contributed by atoms with Crippen molar-refractivity contribution >= 4 is 26.7 Å². The van der Waals surface area contributed by atoms with Crippen LogP contribution in [0.5, 0.6) is 0 Å². The molecule has 2 heterocycles. The molecule has 0 bridgehead atoms. The average molecular weight is 316 g/mol. The second-order valence-corrected chi connectivity index (χ2v) is 7.80. The van der Waals surface area contributed by atoms with Gasteiger partial charge in [0, 0.05) is 38.8 Å². The Balaban J connectivity index is 1.49. The van der Waals surface area contributed by atoms with E-state index < -0.39 is 0 Å². The van der Waals surface area contributed by atoms with E-state index in [1.807, 2.05) is 11.3 Å². The maximum Gasteiger partial charge on any atom is 0.186 e. The molecule has 0 spiro atoms. The van der Waals surface area contributed by atoms with E-state index in [1.54, 1.807) is 0 Å². The Morgan fingerprint density at radius 2 is 1.95 bits per heavy atom. The predicted octanol–water partition coefficient (Wildman–Crippen LogP) is 2.64. The first-order valence-corrected chi connectivity index (χ1v) is 9.04. The summed E-state index contributed by atoms with van der Waals surface area (Å²) < 4.78 is 1.31. The van der Waals surface area contributed by atoms with Crippen LogP contribution < -0.4 is 4.90 Å². The van der Waals surface area contributed by atoms with Gasteiger partial charge in [-0.3, -0.25) is 4.90 Å². The Kier molecular flexibility index (Phi) is 3.80. The van der Waals surface area contributed by atoms with Crippen LogP contribution in [0.4, 0.5) is 5.13 Å². The monoisotopic (exact) mass is 316 g/mol. The van der Waals surface area contributed by atoms with Crippen LogP contribution in [-0.4, -0.2) is 61.1 Å². The molecule has 0 amide bonds. The number of hydrogen-bond donors (Lipinski definition) is 0. The fourth-order valence-corrected chi connectivity index (χ4v) is 4.28. The standard InChI is InChI=1S/C17H24N4S/c1-19(2)12-13-3-6-16-15(11-13)18-17(22-16)21-9-7-20(8-10-21)14-4-5-14/h3,6,11,14H,4-5,7-10,12H2,1-2H3. The molecular formula is C17H24N4S. The summed E-state index contributed by atoms with van der Waals surface area (Å²) in [5, 5.41) is 1.20. The molecule has 1 aromatic carbocycles. The van der Waals surface area contributed by atoms with Crippen LogP contribution in [0, 0.1) is 0 Å². The van der Waals surface area contributed by atoms with Crippen molar-refractivity contribution in [3.05, 3.63) is 23.8 Å². The zero-order chi connectivity index (χ0) is 15.1. The SMILES string of the molecule is CN(C)Cc1ccc2sc(N3CCN(C4CC4)CC3)nc2c1. The molecule has 4 rings (SSSR count). The van der Waals surface area contributed by atoms with Crippen LogP contribution in [0.1, 0.15) is 18.4 Å². The van der Waals surface area contributed by atoms with Gasteiger partial charge < -0.3 is 9.80 Å². The number of piperazine rings is 1. The molecule has 2 fully saturated rings. The number of thiazole rings is 1. The van der Waals surface area contributed by atoms with Gasteiger partial charge in [-0.25, -0.2) is 4.98 Å². The van der Waals surface area contributed by atoms with Crippen molar-refractivity contribution in [2.75, 3.05) is 45.2 Å². The molecule has 0 unspecified atom stereocenters. The maximum atomic E-state index is 4.90. The molecule has 1 aliphatic heterocycles. The fourth-order valence-electron chi connectivity index (χ4n) is 3.28. The minimum atomic E-state index is 0.895. The van der Waals surface area contributed by atoms with E-state index in [0.717, 1.165) is 31.2 Å². The zero-order valence-electron chi connectivity index (χ0n) is 13.5. The molecule has 2 aliphatic rings. The van der Waals surface area contributed by atoms with Crippen LogP contribution >= 0.6 is 11.3 Å². The van der Waals surface area contributed by atoms with E-state index in [-0.39, 0.29) is 0 Å². The number of hydrogen-bond acceptors (Lipinski definition) is 5. The van der Waals surface area contributed by atoms with Gasteiger partial charge in [0.2, 0.25) is 0 Å². The molecule has 0 N–H and O–H groups in total. The quantitative estimate of drug-likeness (QED) is 0.865. The van der Waals surface area contributed by atoms with Crippen LogP contribution in [0.3, 0.4) is 0 Å². The summed E-state index contributed by atoms with van der Waals surface area (Å²) in [5.74, 6) is 0. The predicted molar refractivity (Wildman–Crippen MR) is 93.8 cm³/mol. The van der Waals surface area contributed by atoms with Gasteiger partial charge in [-0.1, -0.05) is 17.4 Å². The third-order valence-corrected chi connectivity index (χ3v) is 5.68. The molecule has 0 atom stereocenters. The molecule has 2 aromatic rings. The highest BCUT2D eigenvalue weighted by Gasteiger charge is 2.31. The minimum absolute atomic E-state index is 0.895. The third kappa shape index (κ3) is 2.98. The van der Waals surface area contributed by atoms with Gasteiger partial charge in [0.15, 0.2) is 5.13 Å². The summed E-state index contributed by atoms with van der Waals surface area (Å²) in [7, 11) is 4.21. The molecule has 1 saturated carbocycles. The van der Waals surface area contributed by atoms with Gasteiger partial charge in [-0.15, -0.1) is 0 Å². The smallest absolute Gasteiger partial charge is 0.186 e. The summed E-state index contributed by atoms with van der Waals surface area (Å²) in [6, 6.07) is 7.60. The number of rotatable bonds is 4. The first kappa shape index (κ1) is 14.4. The van der Waals surface area contributed by atoms with Crippen molar-refractivity contribution < 1.29 is 0 Å². The van der Waals surface area contributed by atoms with Crippen LogP contribution in [-0.2, 0) is 6.54 Å². The molecule has 1 saturated heterocycles. The van der Waals surface area contributed by atoms with Crippen LogP contribution in [0.15, 0.2) is 18.2 Å². The highest BCUT2D eigenvalue weighted by atomic mass is 32.1. The van der Waals surface area contributed by atoms with Gasteiger partial charge in [-0.2, -0.15) is 0 Å². The van der Waals surface area contributed by atoms with E-state index in [1.165, 1.54) is 41.3 Å². The van der Waals surface area contributed by atoms with Gasteiger partial charge in [0.05, 0.1) is 10.2 Å². The highest BCUT2D eigenvalue weighted by Crippen LogP contribution is 2.32. The van der Waals surface area contributed by atoms with E-state index in [4.69, 9.17) is 4.98 Å². The first-order valence-electron chi connectivity index (χ1n) is 8.22. The molecule has 118 valence electrons. The lowest BCUT2D eigenvalue weighted by Gasteiger charge is -2.34. The fraction of sp³-hybridized carbons (Fsp3) is 0.588. The maximum absolute atomic E-state index is 4.90. The zero-order valence-corrected chi connectivity index (χ0v) is 14.3. The molecule has 4 nitrogen and oxygen atoms in total. The Hall–Kier alpha value is -1.17. The Labute approximate surface area is 136 Å². The van der Waals surface area contributed by atoms with Crippen molar-refractivity contribution in [1.82, 2.24) is 14.8 Å². The van der Waals surface area contributed by atoms with Crippen LogP contribution in [0.2, 0.25) is 0 Å². The van der Waals surface area contributed by atoms with E-state index in [9.17, 15) is 0 Å². The molecular weight excluding hydrogens is 292 g/mol. The number of nitrogens with zero attached hydrogens (tertiary/aromatic N) is 4. The first-order chi connectivity index (χ1) is 10.7. The van der Waals surface area contributed by atoms with Crippen molar-refractivity contribution in [3.8, 4) is 0 Å². The van der Waals surface area contributed by atoms with Crippen molar-refractivity contribution in [3.63, 3.8) is 0 Å². The Morgan fingerprint density at radius 3 is 2.64 bits per heavy atom. The van der Waals surface area contributed by atoms with Gasteiger partial charge in [0.1, 0.15) is 0 Å². The largest absolute Gasteiger partial charge is 0.345 e. The van der Waals surface area contributed by atoms with E-state index in [2.05, 4.69) is 47.0 Å².